The second-order valence-electron chi connectivity index (χ2n) is 5.62. The Kier molecular flexibility index (Phi) is 4.49. The van der Waals surface area contributed by atoms with E-state index in [1.165, 1.54) is 0 Å². The van der Waals surface area contributed by atoms with E-state index in [1.54, 1.807) is 35.7 Å². The summed E-state index contributed by atoms with van der Waals surface area (Å²) >= 11 is 0. The molecule has 0 aromatic carbocycles. The fourth-order valence-corrected chi connectivity index (χ4v) is 2.65. The highest BCUT2D eigenvalue weighted by atomic mass is 16.5. The van der Waals surface area contributed by atoms with Crippen molar-refractivity contribution < 1.29 is 19.1 Å². The van der Waals surface area contributed by atoms with Gasteiger partial charge in [0.15, 0.2) is 0 Å². The van der Waals surface area contributed by atoms with E-state index in [-0.39, 0.29) is 11.9 Å². The summed E-state index contributed by atoms with van der Waals surface area (Å²) in [6.45, 7) is 4.99. The molecule has 0 radical (unpaired) electrons. The molecule has 2 rings (SSSR count). The second kappa shape index (κ2) is 5.97. The number of morpholine rings is 1. The van der Waals surface area contributed by atoms with Crippen molar-refractivity contribution in [1.29, 1.82) is 0 Å². The van der Waals surface area contributed by atoms with Crippen molar-refractivity contribution in [3.8, 4) is 0 Å². The summed E-state index contributed by atoms with van der Waals surface area (Å²) in [5.41, 5.74) is -0.605. The first-order valence-electron chi connectivity index (χ1n) is 6.87. The molecule has 2 aliphatic heterocycles. The average molecular weight is 285 g/mol. The summed E-state index contributed by atoms with van der Waals surface area (Å²) in [6.07, 6.45) is 0. The third kappa shape index (κ3) is 3.21. The molecule has 0 bridgehead atoms. The number of hydrogen-bond acceptors (Lipinski definition) is 4. The van der Waals surface area contributed by atoms with Crippen molar-refractivity contribution >= 4 is 11.9 Å². The zero-order valence-corrected chi connectivity index (χ0v) is 12.4. The molecule has 7 heteroatoms. The molecule has 2 fully saturated rings. The van der Waals surface area contributed by atoms with Crippen LogP contribution in [0.4, 0.5) is 4.79 Å². The van der Waals surface area contributed by atoms with Gasteiger partial charge in [0.2, 0.25) is 5.91 Å². The van der Waals surface area contributed by atoms with Crippen LogP contribution in [0.5, 0.6) is 0 Å². The smallest absolute Gasteiger partial charge is 0.319 e. The highest BCUT2D eigenvalue weighted by Gasteiger charge is 2.42. The Balaban J connectivity index is 2.11. The molecular formula is C13H23N3O4. The minimum atomic E-state index is -0.605. The molecule has 114 valence electrons. The van der Waals surface area contributed by atoms with Gasteiger partial charge in [-0.25, -0.2) is 4.79 Å². The number of hydrogen-bond donors (Lipinski definition) is 0. The Morgan fingerprint density at radius 2 is 1.75 bits per heavy atom. The zero-order chi connectivity index (χ0) is 14.8. The molecule has 3 amide bonds. The molecule has 0 saturated carbocycles. The van der Waals surface area contributed by atoms with Crippen LogP contribution >= 0.6 is 0 Å². The predicted octanol–water partition coefficient (Wildman–Crippen LogP) is -0.382. The molecule has 2 heterocycles. The van der Waals surface area contributed by atoms with Crippen molar-refractivity contribution in [2.45, 2.75) is 12.5 Å². The lowest BCUT2D eigenvalue weighted by atomic mass is 10.0. The maximum absolute atomic E-state index is 12.1. The number of nitrogens with zero attached hydrogens (tertiary/aromatic N) is 3. The molecule has 1 spiro atoms. The maximum Gasteiger partial charge on any atom is 0.319 e. The molecule has 2 aliphatic rings. The Morgan fingerprint density at radius 1 is 1.10 bits per heavy atom. The van der Waals surface area contributed by atoms with E-state index in [0.29, 0.717) is 46.0 Å². The quantitative estimate of drug-likeness (QED) is 0.608. The van der Waals surface area contributed by atoms with Gasteiger partial charge in [0.1, 0.15) is 5.60 Å². The molecular weight excluding hydrogens is 262 g/mol. The molecule has 7 nitrogen and oxygen atoms in total. The van der Waals surface area contributed by atoms with Gasteiger partial charge in [-0.2, -0.15) is 0 Å². The van der Waals surface area contributed by atoms with Crippen LogP contribution in [0.25, 0.3) is 0 Å². The number of rotatable bonds is 0. The van der Waals surface area contributed by atoms with Crippen LogP contribution in [0.2, 0.25) is 0 Å². The van der Waals surface area contributed by atoms with Gasteiger partial charge < -0.3 is 24.2 Å². The van der Waals surface area contributed by atoms with E-state index >= 15 is 0 Å². The lowest BCUT2D eigenvalue weighted by Crippen LogP contribution is -2.61. The van der Waals surface area contributed by atoms with Crippen LogP contribution in [0.1, 0.15) is 6.92 Å². The lowest BCUT2D eigenvalue weighted by molar-refractivity contribution is -0.145. The van der Waals surface area contributed by atoms with Gasteiger partial charge in [-0.05, 0) is 0 Å². The normalized spacial score (nSPS) is 27.4. The molecule has 2 saturated heterocycles. The van der Waals surface area contributed by atoms with E-state index in [1.807, 2.05) is 0 Å². The van der Waals surface area contributed by atoms with Gasteiger partial charge in [-0.1, -0.05) is 0 Å². The van der Waals surface area contributed by atoms with Crippen LogP contribution in [0.3, 0.4) is 0 Å². The maximum atomic E-state index is 12.1. The van der Waals surface area contributed by atoms with E-state index in [4.69, 9.17) is 9.47 Å². The highest BCUT2D eigenvalue weighted by Crippen LogP contribution is 2.23. The molecule has 0 aromatic rings. The largest absolute Gasteiger partial charge is 0.376 e. The van der Waals surface area contributed by atoms with Gasteiger partial charge in [0.25, 0.3) is 0 Å². The van der Waals surface area contributed by atoms with Gasteiger partial charge in [0.05, 0.1) is 32.9 Å². The van der Waals surface area contributed by atoms with E-state index in [9.17, 15) is 9.59 Å². The Bertz CT molecular complexity index is 388. The predicted molar refractivity (Wildman–Crippen MR) is 72.4 cm³/mol. The van der Waals surface area contributed by atoms with E-state index in [2.05, 4.69) is 0 Å². The van der Waals surface area contributed by atoms with Crippen LogP contribution in [0, 0.1) is 0 Å². The van der Waals surface area contributed by atoms with Crippen molar-refractivity contribution in [1.82, 2.24) is 14.7 Å². The lowest BCUT2D eigenvalue weighted by Gasteiger charge is -2.43. The third-order valence-corrected chi connectivity index (χ3v) is 3.70. The van der Waals surface area contributed by atoms with Crippen LogP contribution in [-0.2, 0) is 14.3 Å². The first kappa shape index (κ1) is 15.1. The number of ether oxygens (including phenoxy) is 2. The summed E-state index contributed by atoms with van der Waals surface area (Å²) in [6, 6.07) is -0.0358. The Labute approximate surface area is 119 Å². The van der Waals surface area contributed by atoms with Crippen LogP contribution in [-0.4, -0.2) is 92.3 Å². The topological polar surface area (TPSA) is 62.3 Å². The van der Waals surface area contributed by atoms with E-state index in [0.717, 1.165) is 0 Å². The monoisotopic (exact) mass is 285 g/mol. The number of urea groups is 1. The number of carbonyl (C=O) groups is 2. The number of amides is 3. The van der Waals surface area contributed by atoms with Crippen molar-refractivity contribution in [3.63, 3.8) is 0 Å². The summed E-state index contributed by atoms with van der Waals surface area (Å²) < 4.78 is 11.5. The molecule has 1 atom stereocenters. The molecule has 0 aliphatic carbocycles. The second-order valence-corrected chi connectivity index (χ2v) is 5.62. The highest BCUT2D eigenvalue weighted by molar-refractivity contribution is 5.74. The first-order valence-corrected chi connectivity index (χ1v) is 6.87. The minimum absolute atomic E-state index is 0.00883. The van der Waals surface area contributed by atoms with Crippen molar-refractivity contribution in [2.24, 2.45) is 0 Å². The summed E-state index contributed by atoms with van der Waals surface area (Å²) in [4.78, 5) is 28.8. The van der Waals surface area contributed by atoms with Crippen LogP contribution < -0.4 is 0 Å². The summed E-state index contributed by atoms with van der Waals surface area (Å²) in [7, 11) is 3.46. The van der Waals surface area contributed by atoms with Crippen molar-refractivity contribution in [3.05, 3.63) is 0 Å². The third-order valence-electron chi connectivity index (χ3n) is 3.70. The van der Waals surface area contributed by atoms with Gasteiger partial charge in [-0.15, -0.1) is 0 Å². The van der Waals surface area contributed by atoms with Crippen LogP contribution in [0.15, 0.2) is 0 Å². The average Bonchev–Trinajstić information content (AvgIpc) is 2.61. The number of carbonyl (C=O) groups excluding carboxylic acids is 2. The molecule has 0 N–H and O–H groups in total. The molecule has 20 heavy (non-hydrogen) atoms. The van der Waals surface area contributed by atoms with Gasteiger partial charge in [-0.3, -0.25) is 4.79 Å². The fraction of sp³-hybridized carbons (Fsp3) is 0.846. The first-order chi connectivity index (χ1) is 9.43. The summed E-state index contributed by atoms with van der Waals surface area (Å²) in [5, 5.41) is 0. The molecule has 0 unspecified atom stereocenters. The fourth-order valence-electron chi connectivity index (χ4n) is 2.65. The summed E-state index contributed by atoms with van der Waals surface area (Å²) in [5.74, 6) is 0.00883. The van der Waals surface area contributed by atoms with Crippen molar-refractivity contribution in [2.75, 3.05) is 60.1 Å². The minimum Gasteiger partial charge on any atom is -0.376 e. The Morgan fingerprint density at radius 3 is 2.40 bits per heavy atom. The van der Waals surface area contributed by atoms with Gasteiger partial charge in [0, 0.05) is 34.1 Å². The van der Waals surface area contributed by atoms with Gasteiger partial charge >= 0.3 is 6.03 Å². The Hall–Kier alpha value is -1.34. The molecule has 0 aromatic heterocycles. The SMILES string of the molecule is CC(=O)N1CCOC[C@@]2(C1)CN(C(=O)N(C)C)CCO2. The zero-order valence-electron chi connectivity index (χ0n) is 12.4. The van der Waals surface area contributed by atoms with E-state index < -0.39 is 5.60 Å². The standard InChI is InChI=1S/C13H23N3O4/c1-11(17)15-4-6-19-10-13(8-15)9-16(5-7-20-13)12(18)14(2)3/h4-10H2,1-3H3/t13-/m1/s1.